The summed E-state index contributed by atoms with van der Waals surface area (Å²) in [6.07, 6.45) is 0. The minimum atomic E-state index is -0.134. The molecule has 0 fully saturated rings. The molecule has 0 aromatic heterocycles. The van der Waals surface area contributed by atoms with Gasteiger partial charge in [-0.15, -0.1) is 0 Å². The highest BCUT2D eigenvalue weighted by Gasteiger charge is 2.29. The monoisotopic (exact) mass is 269 g/mol. The summed E-state index contributed by atoms with van der Waals surface area (Å²) in [6, 6.07) is 0. The standard InChI is InChI=1S/C8H3Cl4NO/c9-4-3-2(14)1-13-8(3)7(12)6(11)5(4)10/h13H,1H2. The molecule has 1 N–H and O–H groups in total. The van der Waals surface area contributed by atoms with E-state index in [1.54, 1.807) is 0 Å². The molecule has 0 bridgehead atoms. The molecular formula is C8H3Cl4NO. The summed E-state index contributed by atoms with van der Waals surface area (Å²) < 4.78 is 0. The maximum Gasteiger partial charge on any atom is 0.185 e. The van der Waals surface area contributed by atoms with Crippen LogP contribution in [0.1, 0.15) is 10.4 Å². The SMILES string of the molecule is O=C1CNc2c(Cl)c(Cl)c(Cl)c(Cl)c21. The number of halogens is 4. The largest absolute Gasteiger partial charge is 0.376 e. The quantitative estimate of drug-likeness (QED) is 0.572. The van der Waals surface area contributed by atoms with Crippen molar-refractivity contribution < 1.29 is 4.79 Å². The normalized spacial score (nSPS) is 14.1. The van der Waals surface area contributed by atoms with Crippen LogP contribution in [-0.4, -0.2) is 12.3 Å². The van der Waals surface area contributed by atoms with Gasteiger partial charge in [0.25, 0.3) is 0 Å². The van der Waals surface area contributed by atoms with Crippen molar-refractivity contribution >= 4 is 57.9 Å². The Bertz CT molecular complexity index is 444. The fraction of sp³-hybridized carbons (Fsp3) is 0.125. The van der Waals surface area contributed by atoms with Crippen LogP contribution in [0.25, 0.3) is 0 Å². The van der Waals surface area contributed by atoms with Gasteiger partial charge < -0.3 is 5.32 Å². The Labute approximate surface area is 100 Å². The number of ketones is 1. The van der Waals surface area contributed by atoms with Crippen LogP contribution in [0.5, 0.6) is 0 Å². The number of nitrogens with one attached hydrogen (secondary N) is 1. The molecule has 2 nitrogen and oxygen atoms in total. The summed E-state index contributed by atoms with van der Waals surface area (Å²) in [4.78, 5) is 11.4. The molecule has 0 saturated carbocycles. The zero-order chi connectivity index (χ0) is 10.5. The minimum absolute atomic E-state index is 0.120. The lowest BCUT2D eigenvalue weighted by molar-refractivity contribution is 0.101. The molecule has 14 heavy (non-hydrogen) atoms. The van der Waals surface area contributed by atoms with Crippen LogP contribution in [0.15, 0.2) is 0 Å². The Morgan fingerprint density at radius 2 is 1.50 bits per heavy atom. The molecule has 0 saturated heterocycles. The topological polar surface area (TPSA) is 29.1 Å². The van der Waals surface area contributed by atoms with E-state index in [1.165, 1.54) is 0 Å². The first kappa shape index (κ1) is 10.4. The molecule has 1 aliphatic rings. The summed E-state index contributed by atoms with van der Waals surface area (Å²) in [5.74, 6) is -0.134. The van der Waals surface area contributed by atoms with E-state index < -0.39 is 0 Å². The van der Waals surface area contributed by atoms with Gasteiger partial charge in [-0.1, -0.05) is 46.4 Å². The van der Waals surface area contributed by atoms with Crippen molar-refractivity contribution in [1.29, 1.82) is 0 Å². The number of anilines is 1. The van der Waals surface area contributed by atoms with Gasteiger partial charge in [-0.25, -0.2) is 0 Å². The average molecular weight is 271 g/mol. The second-order valence-electron chi connectivity index (χ2n) is 2.78. The summed E-state index contributed by atoms with van der Waals surface area (Å²) in [5, 5.41) is 3.50. The number of benzene rings is 1. The molecule has 0 radical (unpaired) electrons. The lowest BCUT2D eigenvalue weighted by Crippen LogP contribution is -2.01. The molecule has 74 valence electrons. The Morgan fingerprint density at radius 1 is 0.929 bits per heavy atom. The van der Waals surface area contributed by atoms with Gasteiger partial charge in [0, 0.05) is 0 Å². The molecule has 0 atom stereocenters. The predicted molar refractivity (Wildman–Crippen MR) is 59.3 cm³/mol. The van der Waals surface area contributed by atoms with Crippen LogP contribution < -0.4 is 5.32 Å². The van der Waals surface area contributed by atoms with Crippen LogP contribution in [-0.2, 0) is 0 Å². The first-order valence-corrected chi connectivity index (χ1v) is 5.18. The maximum atomic E-state index is 11.4. The number of Topliss-reactive ketones (excluding diaryl/α,β-unsaturated/α-hetero) is 1. The number of hydrogen-bond acceptors (Lipinski definition) is 2. The Kier molecular flexibility index (Phi) is 2.56. The van der Waals surface area contributed by atoms with Crippen molar-refractivity contribution in [2.45, 2.75) is 0 Å². The Morgan fingerprint density at radius 3 is 2.14 bits per heavy atom. The van der Waals surface area contributed by atoms with E-state index in [4.69, 9.17) is 46.4 Å². The van der Waals surface area contributed by atoms with Crippen LogP contribution in [0.4, 0.5) is 5.69 Å². The number of carbonyl (C=O) groups is 1. The molecule has 1 heterocycles. The third-order valence-electron chi connectivity index (χ3n) is 1.97. The van der Waals surface area contributed by atoms with Gasteiger partial charge >= 0.3 is 0 Å². The lowest BCUT2D eigenvalue weighted by Gasteiger charge is -2.08. The molecule has 6 heteroatoms. The summed E-state index contributed by atoms with van der Waals surface area (Å²) >= 11 is 23.4. The lowest BCUT2D eigenvalue weighted by atomic mass is 10.1. The zero-order valence-electron chi connectivity index (χ0n) is 6.63. The highest BCUT2D eigenvalue weighted by atomic mass is 35.5. The van der Waals surface area contributed by atoms with Crippen LogP contribution >= 0.6 is 46.4 Å². The van der Waals surface area contributed by atoms with Gasteiger partial charge in [-0.3, -0.25) is 4.79 Å². The van der Waals surface area contributed by atoms with E-state index in [-0.39, 0.29) is 32.4 Å². The molecule has 1 aliphatic heterocycles. The van der Waals surface area contributed by atoms with Gasteiger partial charge in [0.05, 0.1) is 37.9 Å². The highest BCUT2D eigenvalue weighted by Crippen LogP contribution is 2.46. The van der Waals surface area contributed by atoms with Crippen molar-refractivity contribution in [3.05, 3.63) is 25.7 Å². The predicted octanol–water partition coefficient (Wildman–Crippen LogP) is 3.91. The summed E-state index contributed by atoms with van der Waals surface area (Å²) in [6.45, 7) is 0.172. The molecule has 1 aromatic rings. The first-order chi connectivity index (χ1) is 6.54. The smallest absolute Gasteiger partial charge is 0.185 e. The van der Waals surface area contributed by atoms with E-state index in [9.17, 15) is 4.79 Å². The van der Waals surface area contributed by atoms with Crippen molar-refractivity contribution in [3.8, 4) is 0 Å². The van der Waals surface area contributed by atoms with Crippen molar-refractivity contribution in [1.82, 2.24) is 0 Å². The molecule has 1 aromatic carbocycles. The average Bonchev–Trinajstić information content (AvgIpc) is 2.54. The van der Waals surface area contributed by atoms with Crippen LogP contribution in [0.2, 0.25) is 20.1 Å². The fourth-order valence-electron chi connectivity index (χ4n) is 1.32. The highest BCUT2D eigenvalue weighted by molar-refractivity contribution is 6.54. The van der Waals surface area contributed by atoms with Crippen LogP contribution in [0, 0.1) is 0 Å². The van der Waals surface area contributed by atoms with E-state index in [0.717, 1.165) is 0 Å². The van der Waals surface area contributed by atoms with Gasteiger partial charge in [-0.05, 0) is 0 Å². The zero-order valence-corrected chi connectivity index (χ0v) is 9.65. The van der Waals surface area contributed by atoms with E-state index in [2.05, 4.69) is 5.32 Å². The molecule has 0 amide bonds. The molecule has 0 aliphatic carbocycles. The van der Waals surface area contributed by atoms with E-state index >= 15 is 0 Å². The number of hydrogen-bond donors (Lipinski definition) is 1. The molecule has 2 rings (SSSR count). The number of fused-ring (bicyclic) bond motifs is 1. The summed E-state index contributed by atoms with van der Waals surface area (Å²) in [5.41, 5.74) is 0.794. The van der Waals surface area contributed by atoms with Gasteiger partial charge in [0.1, 0.15) is 0 Å². The van der Waals surface area contributed by atoms with Gasteiger partial charge in [0.15, 0.2) is 5.78 Å². The second kappa shape index (κ2) is 3.46. The van der Waals surface area contributed by atoms with Crippen molar-refractivity contribution in [2.24, 2.45) is 0 Å². The Hall–Kier alpha value is -0.150. The van der Waals surface area contributed by atoms with Crippen LogP contribution in [0.3, 0.4) is 0 Å². The Balaban J connectivity index is 2.84. The maximum absolute atomic E-state index is 11.4. The van der Waals surface area contributed by atoms with E-state index in [0.29, 0.717) is 11.3 Å². The second-order valence-corrected chi connectivity index (χ2v) is 4.29. The number of rotatable bonds is 0. The fourth-order valence-corrected chi connectivity index (χ4v) is 2.34. The third-order valence-corrected chi connectivity index (χ3v) is 3.77. The first-order valence-electron chi connectivity index (χ1n) is 3.67. The van der Waals surface area contributed by atoms with E-state index in [1.807, 2.05) is 0 Å². The summed E-state index contributed by atoms with van der Waals surface area (Å²) in [7, 11) is 0. The molecule has 0 spiro atoms. The van der Waals surface area contributed by atoms with Gasteiger partial charge in [0.2, 0.25) is 0 Å². The van der Waals surface area contributed by atoms with Crippen molar-refractivity contribution in [2.75, 3.05) is 11.9 Å². The molecule has 0 unspecified atom stereocenters. The third kappa shape index (κ3) is 1.29. The minimum Gasteiger partial charge on any atom is -0.376 e. The van der Waals surface area contributed by atoms with Crippen molar-refractivity contribution in [3.63, 3.8) is 0 Å². The van der Waals surface area contributed by atoms with Gasteiger partial charge in [-0.2, -0.15) is 0 Å². The molecular weight excluding hydrogens is 268 g/mol. The number of carbonyl (C=O) groups excluding carboxylic acids is 1.